The van der Waals surface area contributed by atoms with Crippen LogP contribution in [0.4, 0.5) is 0 Å². The Hall–Kier alpha value is -1.16. The van der Waals surface area contributed by atoms with E-state index >= 15 is 0 Å². The van der Waals surface area contributed by atoms with Gasteiger partial charge >= 0.3 is 0 Å². The van der Waals surface area contributed by atoms with E-state index < -0.39 is 0 Å². The van der Waals surface area contributed by atoms with Gasteiger partial charge in [-0.25, -0.2) is 4.98 Å². The summed E-state index contributed by atoms with van der Waals surface area (Å²) in [5.41, 5.74) is 0.0673. The Bertz CT molecular complexity index is 393. The van der Waals surface area contributed by atoms with Crippen molar-refractivity contribution < 1.29 is 4.79 Å². The number of halogens is 1. The Labute approximate surface area is 101 Å². The van der Waals surface area contributed by atoms with Gasteiger partial charge in [-0.3, -0.25) is 9.78 Å². The average Bonchev–Trinajstić information content (AvgIpc) is 2.27. The molecule has 0 radical (unpaired) electrons. The highest BCUT2D eigenvalue weighted by atomic mass is 35.5. The lowest BCUT2D eigenvalue weighted by molar-refractivity contribution is 0.0613. The second kappa shape index (κ2) is 4.78. The number of hydrogen-bond donors (Lipinski definition) is 0. The van der Waals surface area contributed by atoms with Crippen molar-refractivity contribution in [3.63, 3.8) is 0 Å². The molecule has 0 bridgehead atoms. The lowest BCUT2D eigenvalue weighted by Gasteiger charge is -2.34. The van der Waals surface area contributed by atoms with E-state index in [0.29, 0.717) is 0 Å². The van der Waals surface area contributed by atoms with Crippen LogP contribution in [0.3, 0.4) is 0 Å². The van der Waals surface area contributed by atoms with E-state index in [1.807, 2.05) is 20.8 Å². The first-order chi connectivity index (χ1) is 7.38. The van der Waals surface area contributed by atoms with Crippen molar-refractivity contribution in [2.45, 2.75) is 32.7 Å². The number of rotatable bonds is 3. The van der Waals surface area contributed by atoms with Gasteiger partial charge in [-0.05, 0) is 20.3 Å². The van der Waals surface area contributed by atoms with Gasteiger partial charge in [-0.1, -0.05) is 18.5 Å². The van der Waals surface area contributed by atoms with Crippen molar-refractivity contribution in [1.82, 2.24) is 14.9 Å². The van der Waals surface area contributed by atoms with Crippen molar-refractivity contribution in [3.05, 3.63) is 23.2 Å². The molecule has 0 aromatic carbocycles. The van der Waals surface area contributed by atoms with E-state index in [1.54, 1.807) is 11.9 Å². The van der Waals surface area contributed by atoms with Crippen LogP contribution in [-0.4, -0.2) is 33.4 Å². The maximum Gasteiger partial charge on any atom is 0.274 e. The number of carbonyl (C=O) groups is 1. The van der Waals surface area contributed by atoms with Gasteiger partial charge in [0.1, 0.15) is 10.8 Å². The summed E-state index contributed by atoms with van der Waals surface area (Å²) in [4.78, 5) is 21.5. The monoisotopic (exact) mass is 241 g/mol. The van der Waals surface area contributed by atoms with Crippen LogP contribution in [0.2, 0.25) is 5.15 Å². The molecule has 0 spiro atoms. The summed E-state index contributed by atoms with van der Waals surface area (Å²) in [6.07, 6.45) is 3.70. The van der Waals surface area contributed by atoms with Gasteiger partial charge in [-0.2, -0.15) is 0 Å². The Kier molecular flexibility index (Phi) is 3.86. The summed E-state index contributed by atoms with van der Waals surface area (Å²) in [5, 5.41) is 0.230. The first-order valence-corrected chi connectivity index (χ1v) is 5.52. The van der Waals surface area contributed by atoms with Gasteiger partial charge in [0, 0.05) is 12.6 Å². The fraction of sp³-hybridized carbons (Fsp3) is 0.545. The van der Waals surface area contributed by atoms with Gasteiger partial charge < -0.3 is 4.90 Å². The molecule has 0 saturated carbocycles. The van der Waals surface area contributed by atoms with E-state index in [4.69, 9.17) is 11.6 Å². The molecule has 0 unspecified atom stereocenters. The molecular weight excluding hydrogens is 226 g/mol. The summed E-state index contributed by atoms with van der Waals surface area (Å²) >= 11 is 5.70. The minimum Gasteiger partial charge on any atom is -0.335 e. The van der Waals surface area contributed by atoms with Crippen LogP contribution in [0, 0.1) is 0 Å². The highest BCUT2D eigenvalue weighted by molar-refractivity contribution is 6.29. The molecule has 1 heterocycles. The minimum atomic E-state index is -0.207. The molecule has 1 aromatic heterocycles. The van der Waals surface area contributed by atoms with E-state index in [-0.39, 0.29) is 22.3 Å². The predicted molar refractivity (Wildman–Crippen MR) is 63.5 cm³/mol. The molecule has 0 saturated heterocycles. The van der Waals surface area contributed by atoms with Gasteiger partial charge in [0.05, 0.1) is 12.4 Å². The third kappa shape index (κ3) is 2.70. The Balaban J connectivity index is 2.95. The first kappa shape index (κ1) is 12.9. The summed E-state index contributed by atoms with van der Waals surface area (Å²) in [5.74, 6) is -0.165. The molecule has 0 aliphatic carbocycles. The number of amides is 1. The maximum absolute atomic E-state index is 12.1. The largest absolute Gasteiger partial charge is 0.335 e. The molecule has 1 rings (SSSR count). The van der Waals surface area contributed by atoms with E-state index in [2.05, 4.69) is 9.97 Å². The number of aromatic nitrogens is 2. The fourth-order valence-corrected chi connectivity index (χ4v) is 1.28. The summed E-state index contributed by atoms with van der Waals surface area (Å²) < 4.78 is 0. The van der Waals surface area contributed by atoms with E-state index in [1.165, 1.54) is 12.4 Å². The quantitative estimate of drug-likeness (QED) is 0.816. The van der Waals surface area contributed by atoms with Crippen LogP contribution in [0.25, 0.3) is 0 Å². The average molecular weight is 242 g/mol. The summed E-state index contributed by atoms with van der Waals surface area (Å²) in [7, 11) is 1.76. The van der Waals surface area contributed by atoms with E-state index in [9.17, 15) is 4.79 Å². The summed E-state index contributed by atoms with van der Waals surface area (Å²) in [6, 6.07) is 0. The Morgan fingerprint density at radius 1 is 1.50 bits per heavy atom. The molecule has 4 nitrogen and oxygen atoms in total. The maximum atomic E-state index is 12.1. The van der Waals surface area contributed by atoms with Crippen molar-refractivity contribution in [3.8, 4) is 0 Å². The highest BCUT2D eigenvalue weighted by Crippen LogP contribution is 2.18. The van der Waals surface area contributed by atoms with Crippen LogP contribution in [-0.2, 0) is 0 Å². The third-order valence-corrected chi connectivity index (χ3v) is 3.08. The molecule has 1 amide bonds. The first-order valence-electron chi connectivity index (χ1n) is 5.14. The van der Waals surface area contributed by atoms with Crippen LogP contribution >= 0.6 is 11.6 Å². The zero-order chi connectivity index (χ0) is 12.3. The second-order valence-electron chi connectivity index (χ2n) is 4.26. The van der Waals surface area contributed by atoms with Gasteiger partial charge in [0.2, 0.25) is 0 Å². The van der Waals surface area contributed by atoms with Crippen LogP contribution in [0.1, 0.15) is 37.7 Å². The molecule has 1 aromatic rings. The molecular formula is C11H16ClN3O. The van der Waals surface area contributed by atoms with E-state index in [0.717, 1.165) is 6.42 Å². The summed E-state index contributed by atoms with van der Waals surface area (Å²) in [6.45, 7) is 6.04. The van der Waals surface area contributed by atoms with Crippen molar-refractivity contribution in [1.29, 1.82) is 0 Å². The third-order valence-electron chi connectivity index (χ3n) is 2.90. The van der Waals surface area contributed by atoms with Crippen molar-refractivity contribution in [2.24, 2.45) is 0 Å². The molecule has 0 atom stereocenters. The minimum absolute atomic E-state index is 0.165. The predicted octanol–water partition coefficient (Wildman–Crippen LogP) is 2.39. The standard InChI is InChI=1S/C11H16ClN3O/c1-5-11(2,3)15(4)10(16)8-6-13-7-9(12)14-8/h6-7H,5H2,1-4H3. The molecule has 5 heteroatoms. The Morgan fingerprint density at radius 2 is 2.12 bits per heavy atom. The fourth-order valence-electron chi connectivity index (χ4n) is 1.13. The van der Waals surface area contributed by atoms with Gasteiger partial charge in [0.25, 0.3) is 5.91 Å². The molecule has 0 aliphatic heterocycles. The lowest BCUT2D eigenvalue weighted by Crippen LogP contribution is -2.44. The zero-order valence-corrected chi connectivity index (χ0v) is 10.7. The normalized spacial score (nSPS) is 11.3. The molecule has 0 N–H and O–H groups in total. The zero-order valence-electron chi connectivity index (χ0n) is 9.99. The Morgan fingerprint density at radius 3 is 2.62 bits per heavy atom. The van der Waals surface area contributed by atoms with Crippen molar-refractivity contribution >= 4 is 17.5 Å². The van der Waals surface area contributed by atoms with Gasteiger partial charge in [0.15, 0.2) is 0 Å². The molecule has 16 heavy (non-hydrogen) atoms. The van der Waals surface area contributed by atoms with Crippen LogP contribution in [0.5, 0.6) is 0 Å². The van der Waals surface area contributed by atoms with Crippen LogP contribution in [0.15, 0.2) is 12.4 Å². The number of nitrogens with zero attached hydrogens (tertiary/aromatic N) is 3. The second-order valence-corrected chi connectivity index (χ2v) is 4.64. The lowest BCUT2D eigenvalue weighted by atomic mass is 10.00. The van der Waals surface area contributed by atoms with Crippen LogP contribution < -0.4 is 0 Å². The van der Waals surface area contributed by atoms with Gasteiger partial charge in [-0.15, -0.1) is 0 Å². The SMILES string of the molecule is CCC(C)(C)N(C)C(=O)c1cncc(Cl)n1. The van der Waals surface area contributed by atoms with Crippen molar-refractivity contribution in [2.75, 3.05) is 7.05 Å². The highest BCUT2D eigenvalue weighted by Gasteiger charge is 2.27. The molecule has 0 aliphatic rings. The molecule has 0 fully saturated rings. The number of carbonyl (C=O) groups excluding carboxylic acids is 1. The smallest absolute Gasteiger partial charge is 0.274 e. The molecule has 88 valence electrons. The topological polar surface area (TPSA) is 46.1 Å². The number of hydrogen-bond acceptors (Lipinski definition) is 3.